The first kappa shape index (κ1) is 21.7. The van der Waals surface area contributed by atoms with E-state index in [0.717, 1.165) is 25.5 Å². The van der Waals surface area contributed by atoms with E-state index in [0.29, 0.717) is 18.8 Å². The van der Waals surface area contributed by atoms with Crippen LogP contribution in [-0.2, 0) is 23.9 Å². The molecule has 1 aliphatic rings. The number of hydrogen-bond donors (Lipinski definition) is 0. The highest BCUT2D eigenvalue weighted by atomic mass is 16.6. The Morgan fingerprint density at radius 3 is 2.52 bits per heavy atom. The molecule has 25 heavy (non-hydrogen) atoms. The zero-order valence-electron chi connectivity index (χ0n) is 16.2. The highest BCUT2D eigenvalue weighted by molar-refractivity contribution is 5.78. The molecule has 0 amide bonds. The fourth-order valence-electron chi connectivity index (χ4n) is 3.35. The van der Waals surface area contributed by atoms with Gasteiger partial charge < -0.3 is 14.3 Å². The van der Waals surface area contributed by atoms with Crippen LogP contribution in [0.15, 0.2) is 0 Å². The molecule has 1 saturated heterocycles. The fraction of sp³-hybridized carbons (Fsp3) is 0.850. The minimum Gasteiger partial charge on any atom is -0.462 e. The predicted molar refractivity (Wildman–Crippen MR) is 95.9 cm³/mol. The van der Waals surface area contributed by atoms with Gasteiger partial charge in [0, 0.05) is 12.8 Å². The average molecular weight is 354 g/mol. The van der Waals surface area contributed by atoms with Crippen LogP contribution in [0.3, 0.4) is 0 Å². The monoisotopic (exact) mass is 354 g/mol. The lowest BCUT2D eigenvalue weighted by Gasteiger charge is -2.36. The molecule has 0 radical (unpaired) electrons. The number of esters is 2. The molecule has 0 aromatic heterocycles. The molecule has 1 heterocycles. The third-order valence-corrected chi connectivity index (χ3v) is 4.74. The molecule has 0 aromatic carbocycles. The van der Waals surface area contributed by atoms with Crippen molar-refractivity contribution < 1.29 is 23.9 Å². The van der Waals surface area contributed by atoms with Gasteiger partial charge in [0.25, 0.3) is 0 Å². The summed E-state index contributed by atoms with van der Waals surface area (Å²) < 4.78 is 10.8. The van der Waals surface area contributed by atoms with Gasteiger partial charge in [0.2, 0.25) is 0 Å². The third-order valence-electron chi connectivity index (χ3n) is 4.74. The quantitative estimate of drug-likeness (QED) is 0.283. The molecule has 0 spiro atoms. The van der Waals surface area contributed by atoms with E-state index in [2.05, 4.69) is 6.92 Å². The van der Waals surface area contributed by atoms with Crippen molar-refractivity contribution in [2.75, 3.05) is 0 Å². The second-order valence-electron chi connectivity index (χ2n) is 7.64. The summed E-state index contributed by atoms with van der Waals surface area (Å²) in [6.07, 6.45) is 7.07. The van der Waals surface area contributed by atoms with Crippen LogP contribution >= 0.6 is 0 Å². The van der Waals surface area contributed by atoms with Crippen LogP contribution in [0.4, 0.5) is 0 Å². The number of ether oxygens (including phenoxy) is 2. The SMILES string of the molecule is CCCCCC[C@@H]1C(=O)OC1C[C@@H](C)OC(=O)[C@H](CC=O)CC(C)C. The summed E-state index contributed by atoms with van der Waals surface area (Å²) in [4.78, 5) is 34.7. The summed E-state index contributed by atoms with van der Waals surface area (Å²) >= 11 is 0. The summed E-state index contributed by atoms with van der Waals surface area (Å²) in [7, 11) is 0. The first-order chi connectivity index (χ1) is 11.9. The summed E-state index contributed by atoms with van der Waals surface area (Å²) in [5, 5.41) is 0. The molecule has 1 fully saturated rings. The van der Waals surface area contributed by atoms with Gasteiger partial charge in [-0.15, -0.1) is 0 Å². The second-order valence-corrected chi connectivity index (χ2v) is 7.64. The largest absolute Gasteiger partial charge is 0.462 e. The summed E-state index contributed by atoms with van der Waals surface area (Å²) in [5.41, 5.74) is 0. The predicted octanol–water partition coefficient (Wildman–Crippen LogP) is 4.07. The lowest BCUT2D eigenvalue weighted by atomic mass is 9.87. The highest BCUT2D eigenvalue weighted by Gasteiger charge is 2.42. The van der Waals surface area contributed by atoms with E-state index in [4.69, 9.17) is 9.47 Å². The summed E-state index contributed by atoms with van der Waals surface area (Å²) in [6.45, 7) is 8.02. The molecule has 0 N–H and O–H groups in total. The van der Waals surface area contributed by atoms with Gasteiger partial charge >= 0.3 is 11.9 Å². The molecule has 0 aromatic rings. The van der Waals surface area contributed by atoms with Crippen LogP contribution in [0.1, 0.15) is 79.1 Å². The molecule has 0 saturated carbocycles. The van der Waals surface area contributed by atoms with Gasteiger partial charge in [-0.1, -0.05) is 46.5 Å². The van der Waals surface area contributed by atoms with Gasteiger partial charge in [-0.05, 0) is 25.7 Å². The Morgan fingerprint density at radius 2 is 1.96 bits per heavy atom. The first-order valence-corrected chi connectivity index (χ1v) is 9.73. The van der Waals surface area contributed by atoms with E-state index < -0.39 is 0 Å². The zero-order chi connectivity index (χ0) is 18.8. The Labute approximate surface area is 151 Å². The maximum absolute atomic E-state index is 12.3. The third kappa shape index (κ3) is 7.57. The van der Waals surface area contributed by atoms with Gasteiger partial charge in [0.1, 0.15) is 18.5 Å². The van der Waals surface area contributed by atoms with Crippen molar-refractivity contribution >= 4 is 18.2 Å². The number of hydrogen-bond acceptors (Lipinski definition) is 5. The average Bonchev–Trinajstić information content (AvgIpc) is 2.53. The van der Waals surface area contributed by atoms with E-state index in [1.165, 1.54) is 12.8 Å². The lowest BCUT2D eigenvalue weighted by Crippen LogP contribution is -2.47. The topological polar surface area (TPSA) is 69.7 Å². The second kappa shape index (κ2) is 11.3. The van der Waals surface area contributed by atoms with Gasteiger partial charge in [-0.3, -0.25) is 9.59 Å². The van der Waals surface area contributed by atoms with Gasteiger partial charge in [0.05, 0.1) is 11.8 Å². The van der Waals surface area contributed by atoms with E-state index in [1.54, 1.807) is 0 Å². The van der Waals surface area contributed by atoms with Crippen molar-refractivity contribution in [3.05, 3.63) is 0 Å². The Bertz CT molecular complexity index is 432. The number of carbonyl (C=O) groups is 3. The molecular formula is C20H34O5. The van der Waals surface area contributed by atoms with E-state index in [9.17, 15) is 14.4 Å². The number of cyclic esters (lactones) is 1. The van der Waals surface area contributed by atoms with Crippen LogP contribution in [0.2, 0.25) is 0 Å². The minimum atomic E-state index is -0.381. The summed E-state index contributed by atoms with van der Waals surface area (Å²) in [6, 6.07) is 0. The molecule has 5 nitrogen and oxygen atoms in total. The van der Waals surface area contributed by atoms with Crippen LogP contribution in [0.5, 0.6) is 0 Å². The molecule has 0 bridgehead atoms. The molecule has 1 unspecified atom stereocenters. The standard InChI is InChI=1S/C20H34O5/c1-5-6-7-8-9-17-18(25-20(17)23)13-15(4)24-19(22)16(10-11-21)12-14(2)3/h11,14-18H,5-10,12-13H2,1-4H3/t15-,16-,17+,18?/m1/s1. The Morgan fingerprint density at radius 1 is 1.24 bits per heavy atom. The van der Waals surface area contributed by atoms with E-state index in [-0.39, 0.29) is 42.4 Å². The van der Waals surface area contributed by atoms with Crippen molar-refractivity contribution in [1.82, 2.24) is 0 Å². The maximum atomic E-state index is 12.3. The number of aldehydes is 1. The smallest absolute Gasteiger partial charge is 0.313 e. The zero-order valence-corrected chi connectivity index (χ0v) is 16.2. The van der Waals surface area contributed by atoms with Crippen molar-refractivity contribution in [3.8, 4) is 0 Å². The Hall–Kier alpha value is -1.39. The number of rotatable bonds is 13. The lowest BCUT2D eigenvalue weighted by molar-refractivity contribution is -0.190. The Balaban J connectivity index is 2.41. The number of unbranched alkanes of at least 4 members (excludes halogenated alkanes) is 3. The molecule has 5 heteroatoms. The first-order valence-electron chi connectivity index (χ1n) is 9.73. The van der Waals surface area contributed by atoms with E-state index >= 15 is 0 Å². The Kier molecular flexibility index (Phi) is 9.76. The molecule has 0 aliphatic carbocycles. The summed E-state index contributed by atoms with van der Waals surface area (Å²) in [5.74, 6) is -0.557. The normalized spacial score (nSPS) is 22.0. The van der Waals surface area contributed by atoms with E-state index in [1.807, 2.05) is 20.8 Å². The van der Waals surface area contributed by atoms with Crippen molar-refractivity contribution in [2.24, 2.45) is 17.8 Å². The molecule has 4 atom stereocenters. The van der Waals surface area contributed by atoms with Crippen molar-refractivity contribution in [2.45, 2.75) is 91.3 Å². The minimum absolute atomic E-state index is 0.0561. The van der Waals surface area contributed by atoms with Gasteiger partial charge in [-0.25, -0.2) is 0 Å². The van der Waals surface area contributed by atoms with Crippen LogP contribution in [0.25, 0.3) is 0 Å². The van der Waals surface area contributed by atoms with Gasteiger partial charge in [-0.2, -0.15) is 0 Å². The van der Waals surface area contributed by atoms with Crippen LogP contribution < -0.4 is 0 Å². The van der Waals surface area contributed by atoms with Crippen molar-refractivity contribution in [3.63, 3.8) is 0 Å². The van der Waals surface area contributed by atoms with Crippen LogP contribution in [0, 0.1) is 17.8 Å². The van der Waals surface area contributed by atoms with Crippen LogP contribution in [-0.4, -0.2) is 30.4 Å². The molecular weight excluding hydrogens is 320 g/mol. The molecule has 144 valence electrons. The molecule has 1 rings (SSSR count). The van der Waals surface area contributed by atoms with Gasteiger partial charge in [0.15, 0.2) is 0 Å². The van der Waals surface area contributed by atoms with Crippen molar-refractivity contribution in [1.29, 1.82) is 0 Å². The highest BCUT2D eigenvalue weighted by Crippen LogP contribution is 2.31. The number of carbonyl (C=O) groups excluding carboxylic acids is 3. The maximum Gasteiger partial charge on any atom is 0.313 e. The molecule has 1 aliphatic heterocycles. The fourth-order valence-corrected chi connectivity index (χ4v) is 3.35.